The van der Waals surface area contributed by atoms with E-state index in [2.05, 4.69) is 41.5 Å². The first-order chi connectivity index (χ1) is 43.9. The molecule has 0 aromatic carbocycles. The van der Waals surface area contributed by atoms with E-state index in [1.54, 1.807) is 0 Å². The fraction of sp³-hybridized carbons (Fsp3) is 0.944. The lowest BCUT2D eigenvalue weighted by Crippen LogP contribution is -2.30. The molecule has 0 heterocycles. The zero-order valence-corrected chi connectivity index (χ0v) is 60.9. The Hall–Kier alpha value is -1.94. The molecule has 0 amide bonds. The minimum Gasteiger partial charge on any atom is -0.462 e. The monoisotopic (exact) mass is 1340 g/mol. The van der Waals surface area contributed by atoms with Gasteiger partial charge in [-0.2, -0.15) is 0 Å². The van der Waals surface area contributed by atoms with Gasteiger partial charge in [-0.1, -0.05) is 318 Å². The first kappa shape index (κ1) is 89.1. The number of hydrogen-bond donors (Lipinski definition) is 3. The van der Waals surface area contributed by atoms with Gasteiger partial charge in [-0.05, 0) is 37.5 Å². The number of hydrogen-bond acceptors (Lipinski definition) is 15. The summed E-state index contributed by atoms with van der Waals surface area (Å²) in [5.41, 5.74) is 0. The molecule has 0 aromatic rings. The summed E-state index contributed by atoms with van der Waals surface area (Å²) < 4.78 is 68.3. The third-order valence-electron chi connectivity index (χ3n) is 17.1. The number of carbonyl (C=O) groups is 4. The molecule has 0 aliphatic carbocycles. The van der Waals surface area contributed by atoms with Crippen molar-refractivity contribution in [2.45, 2.75) is 387 Å². The maximum absolute atomic E-state index is 13.0. The molecule has 0 saturated heterocycles. The molecule has 540 valence electrons. The Bertz CT molecular complexity index is 1770. The zero-order chi connectivity index (χ0) is 67.2. The van der Waals surface area contributed by atoms with Crippen molar-refractivity contribution in [2.24, 2.45) is 11.8 Å². The molecule has 3 unspecified atom stereocenters. The van der Waals surface area contributed by atoms with Crippen molar-refractivity contribution >= 4 is 39.5 Å². The summed E-state index contributed by atoms with van der Waals surface area (Å²) in [6, 6.07) is 0. The van der Waals surface area contributed by atoms with Crippen LogP contribution in [0.3, 0.4) is 0 Å². The van der Waals surface area contributed by atoms with Gasteiger partial charge in [0.2, 0.25) is 0 Å². The Kier molecular flexibility index (Phi) is 62.7. The van der Waals surface area contributed by atoms with Crippen LogP contribution in [-0.4, -0.2) is 96.7 Å². The Labute approximate surface area is 556 Å². The second-order valence-corrected chi connectivity index (χ2v) is 29.6. The van der Waals surface area contributed by atoms with E-state index >= 15 is 0 Å². The lowest BCUT2D eigenvalue weighted by atomic mass is 9.99. The Balaban J connectivity index is 5.22. The number of carbonyl (C=O) groups excluding carboxylic acids is 4. The minimum atomic E-state index is -4.95. The van der Waals surface area contributed by atoms with E-state index in [1.807, 2.05) is 0 Å². The summed E-state index contributed by atoms with van der Waals surface area (Å²) in [5.74, 6) is -0.532. The SMILES string of the molecule is CCCCCCCCCCCCCCC(=O)O[C@H](COC(=O)CCCCCCCCCCC)COP(=O)(O)OC[C@H](O)COP(=O)(O)OC[C@@H](COC(=O)CCCCCCCCCCCC(C)C)OC(=O)CCCCCCCCCCCCCCCCC(C)CC. The third kappa shape index (κ3) is 65.1. The number of esters is 4. The van der Waals surface area contributed by atoms with Crippen molar-refractivity contribution in [1.82, 2.24) is 0 Å². The van der Waals surface area contributed by atoms with Gasteiger partial charge in [0.15, 0.2) is 12.2 Å². The summed E-state index contributed by atoms with van der Waals surface area (Å²) >= 11 is 0. The van der Waals surface area contributed by atoms with Crippen LogP contribution in [0.25, 0.3) is 0 Å². The van der Waals surface area contributed by atoms with Crippen molar-refractivity contribution in [1.29, 1.82) is 0 Å². The second-order valence-electron chi connectivity index (χ2n) is 26.7. The lowest BCUT2D eigenvalue weighted by Gasteiger charge is -2.21. The predicted octanol–water partition coefficient (Wildman–Crippen LogP) is 20.8. The number of unbranched alkanes of at least 4 members (excludes halogenated alkanes) is 40. The first-order valence-corrected chi connectivity index (χ1v) is 40.5. The smallest absolute Gasteiger partial charge is 0.462 e. The fourth-order valence-electron chi connectivity index (χ4n) is 10.9. The summed E-state index contributed by atoms with van der Waals surface area (Å²) in [7, 11) is -9.90. The van der Waals surface area contributed by atoms with Crippen molar-refractivity contribution in [3.05, 3.63) is 0 Å². The standard InChI is InChI=1S/C72H140O17P2/c1-7-10-12-14-16-18-19-25-31-38-44-50-56-71(76)88-67(60-82-69(74)54-48-42-36-28-17-15-13-11-8-2)62-86-90(78,79)84-58-66(73)59-85-91(80,81)87-63-68(61-83-70(75)55-49-43-37-33-27-29-34-40-46-52-64(4)5)89-72(77)57-51-45-39-32-26-23-21-20-22-24-30-35-41-47-53-65(6)9-3/h64-68,73H,7-63H2,1-6H3,(H,78,79)(H,80,81)/t65?,66-,67+,68+/m0/s1. The molecule has 0 saturated carbocycles. The number of phosphoric acid groups is 2. The molecule has 17 nitrogen and oxygen atoms in total. The maximum atomic E-state index is 13.0. The van der Waals surface area contributed by atoms with E-state index < -0.39 is 97.5 Å². The van der Waals surface area contributed by atoms with Crippen LogP contribution in [0.4, 0.5) is 0 Å². The molecular weight excluding hydrogens is 1200 g/mol. The van der Waals surface area contributed by atoms with E-state index in [9.17, 15) is 43.2 Å². The van der Waals surface area contributed by atoms with Gasteiger partial charge < -0.3 is 33.8 Å². The lowest BCUT2D eigenvalue weighted by molar-refractivity contribution is -0.161. The molecule has 0 aliphatic rings. The van der Waals surface area contributed by atoms with E-state index in [4.69, 9.17) is 37.0 Å². The normalized spacial score (nSPS) is 14.4. The van der Waals surface area contributed by atoms with Crippen molar-refractivity contribution < 1.29 is 80.2 Å². The summed E-state index contributed by atoms with van der Waals surface area (Å²) in [6.45, 7) is 9.59. The van der Waals surface area contributed by atoms with Crippen molar-refractivity contribution in [2.75, 3.05) is 39.6 Å². The molecule has 19 heteroatoms. The number of ether oxygens (including phenoxy) is 4. The van der Waals surface area contributed by atoms with Gasteiger partial charge in [-0.3, -0.25) is 37.3 Å². The highest BCUT2D eigenvalue weighted by Gasteiger charge is 2.30. The van der Waals surface area contributed by atoms with Crippen LogP contribution in [-0.2, 0) is 65.4 Å². The molecule has 0 spiro atoms. The van der Waals surface area contributed by atoms with Crippen molar-refractivity contribution in [3.8, 4) is 0 Å². The second kappa shape index (κ2) is 64.1. The average molecular weight is 1340 g/mol. The Morgan fingerprint density at radius 1 is 0.319 bits per heavy atom. The van der Waals surface area contributed by atoms with Crippen LogP contribution in [0.1, 0.15) is 369 Å². The number of aliphatic hydroxyl groups excluding tert-OH is 1. The van der Waals surface area contributed by atoms with Gasteiger partial charge in [0, 0.05) is 25.7 Å². The Morgan fingerprint density at radius 2 is 0.560 bits per heavy atom. The summed E-state index contributed by atoms with van der Waals surface area (Å²) in [5, 5.41) is 10.6. The van der Waals surface area contributed by atoms with Crippen molar-refractivity contribution in [3.63, 3.8) is 0 Å². The molecule has 0 bridgehead atoms. The molecule has 0 fully saturated rings. The van der Waals surface area contributed by atoms with E-state index in [-0.39, 0.29) is 25.7 Å². The maximum Gasteiger partial charge on any atom is 0.472 e. The zero-order valence-electron chi connectivity index (χ0n) is 59.1. The van der Waals surface area contributed by atoms with E-state index in [0.29, 0.717) is 25.7 Å². The third-order valence-corrected chi connectivity index (χ3v) is 19.0. The molecule has 91 heavy (non-hydrogen) atoms. The molecular formula is C72H140O17P2. The quantitative estimate of drug-likeness (QED) is 0.0222. The van der Waals surface area contributed by atoms with E-state index in [0.717, 1.165) is 102 Å². The molecule has 6 atom stereocenters. The number of aliphatic hydroxyl groups is 1. The van der Waals surface area contributed by atoms with Gasteiger partial charge in [-0.15, -0.1) is 0 Å². The number of rotatable bonds is 71. The molecule has 0 radical (unpaired) electrons. The largest absolute Gasteiger partial charge is 0.472 e. The van der Waals surface area contributed by atoms with Gasteiger partial charge >= 0.3 is 39.5 Å². The van der Waals surface area contributed by atoms with Crippen LogP contribution >= 0.6 is 15.6 Å². The summed E-state index contributed by atoms with van der Waals surface area (Å²) in [4.78, 5) is 72.6. The minimum absolute atomic E-state index is 0.107. The summed E-state index contributed by atoms with van der Waals surface area (Å²) in [6.07, 6.45) is 49.8. The predicted molar refractivity (Wildman–Crippen MR) is 368 cm³/mol. The highest BCUT2D eigenvalue weighted by atomic mass is 31.2. The Morgan fingerprint density at radius 3 is 0.835 bits per heavy atom. The molecule has 0 rings (SSSR count). The first-order valence-electron chi connectivity index (χ1n) is 37.5. The highest BCUT2D eigenvalue weighted by Crippen LogP contribution is 2.45. The average Bonchev–Trinajstić information content (AvgIpc) is 3.24. The molecule has 0 aliphatic heterocycles. The van der Waals surface area contributed by atoms with Gasteiger partial charge in [0.1, 0.15) is 19.3 Å². The molecule has 3 N–H and O–H groups in total. The van der Waals surface area contributed by atoms with Gasteiger partial charge in [0.25, 0.3) is 0 Å². The highest BCUT2D eigenvalue weighted by molar-refractivity contribution is 7.47. The van der Waals surface area contributed by atoms with Gasteiger partial charge in [0.05, 0.1) is 26.4 Å². The van der Waals surface area contributed by atoms with Gasteiger partial charge in [-0.25, -0.2) is 9.13 Å². The van der Waals surface area contributed by atoms with Crippen LogP contribution in [0.15, 0.2) is 0 Å². The van der Waals surface area contributed by atoms with Crippen LogP contribution in [0, 0.1) is 11.8 Å². The van der Waals surface area contributed by atoms with Crippen LogP contribution in [0.5, 0.6) is 0 Å². The fourth-order valence-corrected chi connectivity index (χ4v) is 12.5. The molecule has 0 aromatic heterocycles. The number of phosphoric ester groups is 2. The van der Waals surface area contributed by atoms with E-state index in [1.165, 1.54) is 186 Å². The van der Waals surface area contributed by atoms with Crippen LogP contribution < -0.4 is 0 Å². The topological polar surface area (TPSA) is 237 Å². The van der Waals surface area contributed by atoms with Crippen LogP contribution in [0.2, 0.25) is 0 Å².